The highest BCUT2D eigenvalue weighted by Gasteiger charge is 2.12. The number of hydrogen-bond acceptors (Lipinski definition) is 5. The maximum Gasteiger partial charge on any atom is 0.191 e. The number of hydrogen-bond donors (Lipinski definition) is 2. The second kappa shape index (κ2) is 12.3. The van der Waals surface area contributed by atoms with Gasteiger partial charge in [0.05, 0.1) is 18.8 Å². The number of nitrogens with one attached hydrogen (secondary N) is 2. The van der Waals surface area contributed by atoms with Crippen LogP contribution in [-0.2, 0) is 13.1 Å². The fraction of sp³-hybridized carbons (Fsp3) is 0.571. The number of aliphatic imine (C=N–C) groups is 1. The van der Waals surface area contributed by atoms with Crippen LogP contribution in [0.1, 0.15) is 62.2 Å². The molecular formula is C21H33IN6S. The molecule has 0 atom stereocenters. The van der Waals surface area contributed by atoms with Crippen LogP contribution in [-0.4, -0.2) is 35.6 Å². The number of nitrogens with zero attached hydrogens (tertiary/aromatic N) is 4. The largest absolute Gasteiger partial charge is 0.357 e. The van der Waals surface area contributed by atoms with Gasteiger partial charge in [-0.05, 0) is 49.8 Å². The summed E-state index contributed by atoms with van der Waals surface area (Å²) in [7, 11) is 0. The molecule has 1 aliphatic rings. The van der Waals surface area contributed by atoms with Gasteiger partial charge >= 0.3 is 0 Å². The molecule has 0 aromatic carbocycles. The number of pyridine rings is 1. The summed E-state index contributed by atoms with van der Waals surface area (Å²) < 4.78 is 0. The summed E-state index contributed by atoms with van der Waals surface area (Å²) in [4.78, 5) is 16.4. The van der Waals surface area contributed by atoms with Crippen molar-refractivity contribution in [2.75, 3.05) is 24.5 Å². The number of aromatic nitrogens is 2. The fourth-order valence-electron chi connectivity index (χ4n) is 3.20. The van der Waals surface area contributed by atoms with Crippen molar-refractivity contribution in [3.05, 3.63) is 40.0 Å². The zero-order valence-corrected chi connectivity index (χ0v) is 20.8. The van der Waals surface area contributed by atoms with Gasteiger partial charge in [0.1, 0.15) is 10.8 Å². The first-order chi connectivity index (χ1) is 13.7. The molecule has 3 heterocycles. The highest BCUT2D eigenvalue weighted by molar-refractivity contribution is 14.0. The van der Waals surface area contributed by atoms with E-state index in [4.69, 9.17) is 4.99 Å². The number of guanidine groups is 1. The number of halogens is 1. The van der Waals surface area contributed by atoms with Crippen molar-refractivity contribution in [2.24, 2.45) is 4.99 Å². The topological polar surface area (TPSA) is 65.4 Å². The molecule has 2 aromatic rings. The third kappa shape index (κ3) is 7.40. The molecule has 2 aromatic heterocycles. The molecule has 0 aliphatic carbocycles. The van der Waals surface area contributed by atoms with Gasteiger partial charge in [0.25, 0.3) is 0 Å². The molecule has 3 rings (SSSR count). The van der Waals surface area contributed by atoms with Crippen LogP contribution in [0, 0.1) is 0 Å². The van der Waals surface area contributed by atoms with Gasteiger partial charge in [-0.2, -0.15) is 0 Å². The van der Waals surface area contributed by atoms with Gasteiger partial charge < -0.3 is 15.5 Å². The fourth-order valence-corrected chi connectivity index (χ4v) is 4.09. The second-order valence-corrected chi connectivity index (χ2v) is 8.38. The summed E-state index contributed by atoms with van der Waals surface area (Å²) in [5.74, 6) is 2.36. The molecule has 0 spiro atoms. The van der Waals surface area contributed by atoms with E-state index < -0.39 is 0 Å². The zero-order chi connectivity index (χ0) is 19.8. The Hall–Kier alpha value is -1.42. The van der Waals surface area contributed by atoms with Crippen molar-refractivity contribution in [3.8, 4) is 0 Å². The van der Waals surface area contributed by atoms with Crippen LogP contribution < -0.4 is 15.5 Å². The molecule has 29 heavy (non-hydrogen) atoms. The monoisotopic (exact) mass is 528 g/mol. The minimum Gasteiger partial charge on any atom is -0.357 e. The van der Waals surface area contributed by atoms with Gasteiger partial charge in [0, 0.05) is 31.2 Å². The standard InChI is InChI=1S/C21H32N6S.HI/c1-4-22-21(25-14-20-26-18(15-28-20)16(2)3)24-13-17-8-9-23-19(12-17)27-10-6-5-7-11-27;/h8-9,12,15-16H,4-7,10-11,13-14H2,1-3H3,(H2,22,24,25);1H. The Morgan fingerprint density at radius 1 is 1.24 bits per heavy atom. The Balaban J connectivity index is 0.00000300. The van der Waals surface area contributed by atoms with Gasteiger partial charge in [0.2, 0.25) is 0 Å². The first kappa shape index (κ1) is 23.9. The third-order valence-electron chi connectivity index (χ3n) is 4.82. The molecule has 0 amide bonds. The predicted octanol–water partition coefficient (Wildman–Crippen LogP) is 4.53. The molecule has 6 nitrogen and oxygen atoms in total. The molecule has 8 heteroatoms. The lowest BCUT2D eigenvalue weighted by Crippen LogP contribution is -2.36. The number of piperidine rings is 1. The average molecular weight is 529 g/mol. The maximum atomic E-state index is 4.75. The first-order valence-electron chi connectivity index (χ1n) is 10.3. The molecular weight excluding hydrogens is 495 g/mol. The van der Waals surface area contributed by atoms with E-state index in [0.717, 1.165) is 42.1 Å². The molecule has 0 radical (unpaired) electrons. The van der Waals surface area contributed by atoms with E-state index >= 15 is 0 Å². The van der Waals surface area contributed by atoms with E-state index in [2.05, 4.69) is 63.8 Å². The van der Waals surface area contributed by atoms with E-state index in [-0.39, 0.29) is 24.0 Å². The summed E-state index contributed by atoms with van der Waals surface area (Å²) >= 11 is 1.70. The lowest BCUT2D eigenvalue weighted by molar-refractivity contribution is 0.573. The molecule has 1 aliphatic heterocycles. The lowest BCUT2D eigenvalue weighted by atomic mass is 10.1. The van der Waals surface area contributed by atoms with Crippen molar-refractivity contribution in [1.29, 1.82) is 0 Å². The molecule has 2 N–H and O–H groups in total. The summed E-state index contributed by atoms with van der Waals surface area (Å²) in [5, 5.41) is 9.95. The van der Waals surface area contributed by atoms with Crippen molar-refractivity contribution < 1.29 is 0 Å². The van der Waals surface area contributed by atoms with Gasteiger partial charge in [-0.15, -0.1) is 35.3 Å². The summed E-state index contributed by atoms with van der Waals surface area (Å²) in [6, 6.07) is 4.23. The molecule has 1 fully saturated rings. The van der Waals surface area contributed by atoms with Crippen LogP contribution >= 0.6 is 35.3 Å². The number of thiazole rings is 1. The van der Waals surface area contributed by atoms with E-state index in [1.807, 2.05) is 6.20 Å². The van der Waals surface area contributed by atoms with Crippen molar-refractivity contribution in [3.63, 3.8) is 0 Å². The van der Waals surface area contributed by atoms with Crippen LogP contribution in [0.15, 0.2) is 28.7 Å². The van der Waals surface area contributed by atoms with Crippen LogP contribution in [0.3, 0.4) is 0 Å². The van der Waals surface area contributed by atoms with Crippen LogP contribution in [0.5, 0.6) is 0 Å². The van der Waals surface area contributed by atoms with Gasteiger partial charge in [0.15, 0.2) is 5.96 Å². The minimum absolute atomic E-state index is 0. The Morgan fingerprint density at radius 3 is 2.72 bits per heavy atom. The summed E-state index contributed by atoms with van der Waals surface area (Å²) in [5.41, 5.74) is 2.34. The van der Waals surface area contributed by atoms with E-state index in [0.29, 0.717) is 19.0 Å². The highest BCUT2D eigenvalue weighted by atomic mass is 127. The van der Waals surface area contributed by atoms with Crippen molar-refractivity contribution in [1.82, 2.24) is 20.6 Å². The Morgan fingerprint density at radius 2 is 2.03 bits per heavy atom. The van der Waals surface area contributed by atoms with Gasteiger partial charge in [-0.1, -0.05) is 13.8 Å². The molecule has 0 unspecified atom stereocenters. The normalized spacial score (nSPS) is 14.6. The van der Waals surface area contributed by atoms with Crippen LogP contribution in [0.4, 0.5) is 5.82 Å². The van der Waals surface area contributed by atoms with Crippen molar-refractivity contribution in [2.45, 2.75) is 59.0 Å². The number of rotatable bonds is 7. The van der Waals surface area contributed by atoms with E-state index in [1.165, 1.54) is 24.8 Å². The van der Waals surface area contributed by atoms with E-state index in [9.17, 15) is 0 Å². The smallest absolute Gasteiger partial charge is 0.191 e. The SMILES string of the molecule is CCNC(=NCc1ccnc(N2CCCCC2)c1)NCc1nc(C(C)C)cs1.I. The van der Waals surface area contributed by atoms with Crippen LogP contribution in [0.25, 0.3) is 0 Å². The van der Waals surface area contributed by atoms with E-state index in [1.54, 1.807) is 11.3 Å². The van der Waals surface area contributed by atoms with Gasteiger partial charge in [-0.3, -0.25) is 0 Å². The summed E-state index contributed by atoms with van der Waals surface area (Å²) in [6.45, 7) is 10.8. The quantitative estimate of drug-likeness (QED) is 0.314. The maximum absolute atomic E-state index is 4.75. The molecule has 0 saturated carbocycles. The zero-order valence-electron chi connectivity index (χ0n) is 17.6. The number of anilines is 1. The second-order valence-electron chi connectivity index (χ2n) is 7.44. The highest BCUT2D eigenvalue weighted by Crippen LogP contribution is 2.19. The van der Waals surface area contributed by atoms with Crippen LogP contribution in [0.2, 0.25) is 0 Å². The molecule has 1 saturated heterocycles. The molecule has 0 bridgehead atoms. The Labute approximate surface area is 195 Å². The Kier molecular flexibility index (Phi) is 10.1. The van der Waals surface area contributed by atoms with Crippen molar-refractivity contribution >= 4 is 47.1 Å². The predicted molar refractivity (Wildman–Crippen MR) is 134 cm³/mol. The lowest BCUT2D eigenvalue weighted by Gasteiger charge is -2.27. The summed E-state index contributed by atoms with van der Waals surface area (Å²) in [6.07, 6.45) is 5.75. The Bertz CT molecular complexity index is 770. The third-order valence-corrected chi connectivity index (χ3v) is 5.69. The van der Waals surface area contributed by atoms with Gasteiger partial charge in [-0.25, -0.2) is 15.0 Å². The molecule has 160 valence electrons. The average Bonchev–Trinajstić information content (AvgIpc) is 3.20. The first-order valence-corrected chi connectivity index (χ1v) is 11.2. The minimum atomic E-state index is 0.